The lowest BCUT2D eigenvalue weighted by Gasteiger charge is -2.13. The maximum Gasteiger partial charge on any atom is 0.167 e. The summed E-state index contributed by atoms with van der Waals surface area (Å²) in [6, 6.07) is 72.9. The van der Waals surface area contributed by atoms with Gasteiger partial charge in [-0.2, -0.15) is 0 Å². The predicted molar refractivity (Wildman–Crippen MR) is 275 cm³/mol. The number of furan rings is 2. The van der Waals surface area contributed by atoms with Crippen LogP contribution in [0.1, 0.15) is 0 Å². The molecule has 6 heteroatoms. The average molecular weight is 855 g/mol. The Morgan fingerprint density at radius 3 is 1.76 bits per heavy atom. The van der Waals surface area contributed by atoms with E-state index in [2.05, 4.69) is 174 Å². The number of benzene rings is 11. The molecule has 11 aromatic carbocycles. The zero-order chi connectivity index (χ0) is 43.7. The Bertz CT molecular complexity index is 4590. The van der Waals surface area contributed by atoms with Gasteiger partial charge in [-0.15, -0.1) is 0 Å². The molecule has 0 spiro atoms. The Kier molecular flexibility index (Phi) is 7.40. The van der Waals surface area contributed by atoms with E-state index >= 15 is 0 Å². The predicted octanol–water partition coefficient (Wildman–Crippen LogP) is 16.4. The fraction of sp³-hybridized carbons (Fsp3) is 0. The van der Waals surface area contributed by atoms with E-state index in [4.69, 9.17) is 23.8 Å². The van der Waals surface area contributed by atoms with Gasteiger partial charge in [0.1, 0.15) is 22.3 Å². The van der Waals surface area contributed by atoms with Crippen molar-refractivity contribution in [2.75, 3.05) is 0 Å². The van der Waals surface area contributed by atoms with Crippen LogP contribution >= 0.6 is 0 Å². The minimum absolute atomic E-state index is 0.517. The third-order valence-corrected chi connectivity index (χ3v) is 13.8. The monoisotopic (exact) mass is 854 g/mol. The molecule has 310 valence electrons. The summed E-state index contributed by atoms with van der Waals surface area (Å²) in [4.78, 5) is 16.0. The standard InChI is InChI=1S/C61H34N4O2/c1-2-15-38-33-52-49(31-37(38)14-1)56-43-18-6-4-13-36(43)25-29-51(56)65(52)41-26-28-44-40(30-41)32-50(58-57(44)48-20-8-10-23-54(48)67-58)61-63-59(39-24-27-46-45-19-7-9-22-53(45)66-55(46)34-39)62-60(64-61)47-21-11-16-35-12-3-5-17-42(35)47/h1-34H. The summed E-state index contributed by atoms with van der Waals surface area (Å²) in [6.07, 6.45) is 0. The number of fused-ring (bicyclic) bond motifs is 15. The largest absolute Gasteiger partial charge is 0.456 e. The van der Waals surface area contributed by atoms with Crippen LogP contribution in [0.25, 0.3) is 149 Å². The van der Waals surface area contributed by atoms with E-state index in [0.29, 0.717) is 17.5 Å². The lowest BCUT2D eigenvalue weighted by molar-refractivity contribution is 0.668. The first-order valence-electron chi connectivity index (χ1n) is 22.6. The first-order valence-corrected chi connectivity index (χ1v) is 22.6. The molecule has 0 amide bonds. The van der Waals surface area contributed by atoms with Crippen LogP contribution in [0.3, 0.4) is 0 Å². The van der Waals surface area contributed by atoms with Gasteiger partial charge in [0.15, 0.2) is 17.5 Å². The first kappa shape index (κ1) is 36.2. The number of para-hydroxylation sites is 2. The number of rotatable bonds is 4. The van der Waals surface area contributed by atoms with Gasteiger partial charge in [-0.1, -0.05) is 146 Å². The van der Waals surface area contributed by atoms with Gasteiger partial charge < -0.3 is 13.4 Å². The molecule has 0 atom stereocenters. The highest BCUT2D eigenvalue weighted by Crippen LogP contribution is 2.44. The highest BCUT2D eigenvalue weighted by molar-refractivity contribution is 6.25. The fourth-order valence-corrected chi connectivity index (χ4v) is 10.7. The molecular weight excluding hydrogens is 821 g/mol. The smallest absolute Gasteiger partial charge is 0.167 e. The molecule has 0 saturated carbocycles. The quantitative estimate of drug-likeness (QED) is 0.176. The molecule has 0 bridgehead atoms. The van der Waals surface area contributed by atoms with E-state index in [1.165, 1.54) is 32.3 Å². The molecule has 0 saturated heterocycles. The summed E-state index contributed by atoms with van der Waals surface area (Å²) in [5.74, 6) is 1.63. The second kappa shape index (κ2) is 13.7. The van der Waals surface area contributed by atoms with Crippen molar-refractivity contribution in [1.29, 1.82) is 0 Å². The zero-order valence-corrected chi connectivity index (χ0v) is 35.7. The molecule has 0 aliphatic rings. The van der Waals surface area contributed by atoms with Crippen LogP contribution in [-0.4, -0.2) is 19.5 Å². The Labute approximate surface area is 381 Å². The Balaban J connectivity index is 1.02. The van der Waals surface area contributed by atoms with Crippen LogP contribution in [0.15, 0.2) is 215 Å². The number of hydrogen-bond donors (Lipinski definition) is 0. The average Bonchev–Trinajstić information content (AvgIpc) is 4.07. The molecule has 0 fully saturated rings. The van der Waals surface area contributed by atoms with Gasteiger partial charge >= 0.3 is 0 Å². The van der Waals surface area contributed by atoms with Crippen LogP contribution in [-0.2, 0) is 0 Å². The Hall–Kier alpha value is -9.13. The third-order valence-electron chi connectivity index (χ3n) is 13.8. The molecule has 15 aromatic rings. The minimum atomic E-state index is 0.517. The second-order valence-corrected chi connectivity index (χ2v) is 17.5. The molecule has 0 radical (unpaired) electrons. The van der Waals surface area contributed by atoms with E-state index < -0.39 is 0 Å². The molecule has 0 aliphatic carbocycles. The van der Waals surface area contributed by atoms with E-state index in [-0.39, 0.29) is 0 Å². The molecular formula is C61H34N4O2. The number of hydrogen-bond acceptors (Lipinski definition) is 5. The van der Waals surface area contributed by atoms with Gasteiger partial charge in [0.2, 0.25) is 0 Å². The van der Waals surface area contributed by atoms with Crippen LogP contribution in [0.4, 0.5) is 0 Å². The summed E-state index contributed by atoms with van der Waals surface area (Å²) in [6.45, 7) is 0. The van der Waals surface area contributed by atoms with Crippen molar-refractivity contribution in [3.8, 4) is 39.9 Å². The van der Waals surface area contributed by atoms with Gasteiger partial charge in [0.25, 0.3) is 0 Å². The van der Waals surface area contributed by atoms with Crippen molar-refractivity contribution >= 4 is 109 Å². The topological polar surface area (TPSA) is 69.9 Å². The van der Waals surface area contributed by atoms with Crippen molar-refractivity contribution in [1.82, 2.24) is 19.5 Å². The maximum atomic E-state index is 6.88. The molecule has 0 N–H and O–H groups in total. The number of aromatic nitrogens is 4. The molecule has 4 aromatic heterocycles. The van der Waals surface area contributed by atoms with Gasteiger partial charge in [0, 0.05) is 49.1 Å². The molecule has 4 heterocycles. The first-order chi connectivity index (χ1) is 33.2. The molecule has 6 nitrogen and oxygen atoms in total. The summed E-state index contributed by atoms with van der Waals surface area (Å²) in [5, 5.41) is 15.8. The van der Waals surface area contributed by atoms with Crippen molar-refractivity contribution in [2.45, 2.75) is 0 Å². The third kappa shape index (κ3) is 5.35. The van der Waals surface area contributed by atoms with Gasteiger partial charge in [0.05, 0.1) is 16.6 Å². The Morgan fingerprint density at radius 2 is 0.925 bits per heavy atom. The lowest BCUT2D eigenvalue weighted by atomic mass is 9.99. The molecule has 0 aliphatic heterocycles. The SMILES string of the molecule is c1ccc2cc3c(cc2c1)c1c2ccccc2ccc1n3-c1ccc2c(c1)cc(-c1nc(-c3ccc4c(c3)oc3ccccc34)nc(-c3cccc4ccccc34)n1)c1oc3ccccc3c12. The molecule has 67 heavy (non-hydrogen) atoms. The summed E-state index contributed by atoms with van der Waals surface area (Å²) >= 11 is 0. The molecule has 15 rings (SSSR count). The van der Waals surface area contributed by atoms with Crippen molar-refractivity contribution < 1.29 is 8.83 Å². The normalized spacial score (nSPS) is 12.2. The van der Waals surface area contributed by atoms with E-state index in [1.54, 1.807) is 0 Å². The van der Waals surface area contributed by atoms with E-state index in [0.717, 1.165) is 98.8 Å². The second-order valence-electron chi connectivity index (χ2n) is 17.5. The number of nitrogens with zero attached hydrogens (tertiary/aromatic N) is 4. The van der Waals surface area contributed by atoms with E-state index in [1.807, 2.05) is 36.4 Å². The highest BCUT2D eigenvalue weighted by Gasteiger charge is 2.23. The van der Waals surface area contributed by atoms with Crippen LogP contribution in [0.2, 0.25) is 0 Å². The van der Waals surface area contributed by atoms with Crippen molar-refractivity contribution in [3.63, 3.8) is 0 Å². The van der Waals surface area contributed by atoms with Gasteiger partial charge in [-0.3, -0.25) is 0 Å². The summed E-state index contributed by atoms with van der Waals surface area (Å²) < 4.78 is 15.7. The summed E-state index contributed by atoms with van der Waals surface area (Å²) in [7, 11) is 0. The van der Waals surface area contributed by atoms with Gasteiger partial charge in [-0.25, -0.2) is 15.0 Å². The highest BCUT2D eigenvalue weighted by atomic mass is 16.3. The van der Waals surface area contributed by atoms with Crippen molar-refractivity contribution in [2.24, 2.45) is 0 Å². The Morgan fingerprint density at radius 1 is 0.313 bits per heavy atom. The summed E-state index contributed by atoms with van der Waals surface area (Å²) in [5.41, 5.74) is 9.04. The van der Waals surface area contributed by atoms with E-state index in [9.17, 15) is 0 Å². The van der Waals surface area contributed by atoms with Crippen LogP contribution in [0.5, 0.6) is 0 Å². The van der Waals surface area contributed by atoms with Gasteiger partial charge in [-0.05, 0) is 104 Å². The lowest BCUT2D eigenvalue weighted by Crippen LogP contribution is -2.01. The molecule has 0 unspecified atom stereocenters. The zero-order valence-electron chi connectivity index (χ0n) is 35.7. The van der Waals surface area contributed by atoms with Crippen LogP contribution < -0.4 is 0 Å². The maximum absolute atomic E-state index is 6.88. The minimum Gasteiger partial charge on any atom is -0.456 e. The fourth-order valence-electron chi connectivity index (χ4n) is 10.7. The van der Waals surface area contributed by atoms with Crippen LogP contribution in [0, 0.1) is 0 Å². The van der Waals surface area contributed by atoms with Crippen molar-refractivity contribution in [3.05, 3.63) is 206 Å².